The van der Waals surface area contributed by atoms with Gasteiger partial charge in [0.15, 0.2) is 0 Å². The van der Waals surface area contributed by atoms with E-state index in [4.69, 9.17) is 0 Å². The summed E-state index contributed by atoms with van der Waals surface area (Å²) in [6, 6.07) is 1.44. The lowest BCUT2D eigenvalue weighted by Crippen LogP contribution is -2.55. The van der Waals surface area contributed by atoms with Crippen molar-refractivity contribution in [3.8, 4) is 0 Å². The minimum Gasteiger partial charge on any atom is -0.311 e. The minimum atomic E-state index is 0.711. The summed E-state index contributed by atoms with van der Waals surface area (Å²) in [7, 11) is 4.31. The normalized spacial score (nSPS) is 26.6. The molecule has 1 saturated heterocycles. The second-order valence-corrected chi connectivity index (χ2v) is 5.75. The van der Waals surface area contributed by atoms with Crippen LogP contribution in [0.1, 0.15) is 39.5 Å². The van der Waals surface area contributed by atoms with Gasteiger partial charge in [0.2, 0.25) is 0 Å². The average molecular weight is 241 g/mol. The van der Waals surface area contributed by atoms with Gasteiger partial charge in [-0.05, 0) is 53.4 Å². The van der Waals surface area contributed by atoms with Crippen LogP contribution in [-0.2, 0) is 0 Å². The van der Waals surface area contributed by atoms with Gasteiger partial charge in [-0.3, -0.25) is 4.90 Å². The smallest absolute Gasteiger partial charge is 0.0195 e. The predicted octanol–water partition coefficient (Wildman–Crippen LogP) is 1.79. The van der Waals surface area contributed by atoms with Gasteiger partial charge in [-0.25, -0.2) is 0 Å². The van der Waals surface area contributed by atoms with Crippen LogP contribution in [0.3, 0.4) is 0 Å². The Hall–Kier alpha value is -0.120. The van der Waals surface area contributed by atoms with Gasteiger partial charge in [-0.1, -0.05) is 13.3 Å². The zero-order valence-electron chi connectivity index (χ0n) is 12.2. The van der Waals surface area contributed by atoms with Gasteiger partial charge in [0.1, 0.15) is 0 Å². The first-order chi connectivity index (χ1) is 8.13. The highest BCUT2D eigenvalue weighted by Crippen LogP contribution is 2.11. The first-order valence-electron chi connectivity index (χ1n) is 7.25. The number of nitrogens with zero attached hydrogens (tertiary/aromatic N) is 2. The maximum absolute atomic E-state index is 3.66. The molecule has 1 aliphatic heterocycles. The van der Waals surface area contributed by atoms with Crippen LogP contribution in [-0.4, -0.2) is 62.2 Å². The van der Waals surface area contributed by atoms with Crippen molar-refractivity contribution in [1.82, 2.24) is 15.1 Å². The van der Waals surface area contributed by atoms with E-state index < -0.39 is 0 Å². The Morgan fingerprint density at radius 2 is 2.06 bits per heavy atom. The molecule has 1 heterocycles. The molecule has 1 N–H and O–H groups in total. The van der Waals surface area contributed by atoms with Gasteiger partial charge in [0, 0.05) is 25.2 Å². The van der Waals surface area contributed by atoms with Gasteiger partial charge in [0.05, 0.1) is 0 Å². The number of hydrogen-bond donors (Lipinski definition) is 1. The van der Waals surface area contributed by atoms with Crippen LogP contribution in [0.5, 0.6) is 0 Å². The highest BCUT2D eigenvalue weighted by Gasteiger charge is 2.23. The molecule has 0 spiro atoms. The van der Waals surface area contributed by atoms with Crippen molar-refractivity contribution in [3.05, 3.63) is 0 Å². The van der Waals surface area contributed by atoms with E-state index in [2.05, 4.69) is 43.1 Å². The molecule has 102 valence electrons. The molecule has 3 heteroatoms. The summed E-state index contributed by atoms with van der Waals surface area (Å²) in [6.07, 6.45) is 5.27. The third-order valence-electron chi connectivity index (χ3n) is 3.72. The van der Waals surface area contributed by atoms with Gasteiger partial charge >= 0.3 is 0 Å². The Morgan fingerprint density at radius 1 is 1.29 bits per heavy atom. The summed E-state index contributed by atoms with van der Waals surface area (Å²) in [4.78, 5) is 4.95. The highest BCUT2D eigenvalue weighted by atomic mass is 15.2. The van der Waals surface area contributed by atoms with Crippen LogP contribution in [0.4, 0.5) is 0 Å². The maximum Gasteiger partial charge on any atom is 0.0195 e. The zero-order chi connectivity index (χ0) is 12.7. The topological polar surface area (TPSA) is 18.5 Å². The van der Waals surface area contributed by atoms with Crippen LogP contribution < -0.4 is 5.32 Å². The van der Waals surface area contributed by atoms with Crippen molar-refractivity contribution < 1.29 is 0 Å². The van der Waals surface area contributed by atoms with E-state index in [1.165, 1.54) is 51.9 Å². The maximum atomic E-state index is 3.66. The second kappa shape index (κ2) is 8.06. The average Bonchev–Trinajstić information content (AvgIpc) is 2.28. The van der Waals surface area contributed by atoms with Crippen LogP contribution in [0.2, 0.25) is 0 Å². The number of unbranched alkanes of at least 4 members (excludes halogenated alkanes) is 1. The highest BCUT2D eigenvalue weighted by molar-refractivity contribution is 4.83. The first kappa shape index (κ1) is 14.9. The van der Waals surface area contributed by atoms with E-state index in [9.17, 15) is 0 Å². The molecule has 2 unspecified atom stereocenters. The molecule has 1 rings (SSSR count). The second-order valence-electron chi connectivity index (χ2n) is 5.75. The SMILES string of the molecule is CCCC1CN(CCCCN(C)C)C(C)CN1. The van der Waals surface area contributed by atoms with Gasteiger partial charge in [0.25, 0.3) is 0 Å². The zero-order valence-corrected chi connectivity index (χ0v) is 12.2. The molecule has 0 amide bonds. The molecule has 3 nitrogen and oxygen atoms in total. The van der Waals surface area contributed by atoms with Gasteiger partial charge < -0.3 is 10.2 Å². The molecule has 17 heavy (non-hydrogen) atoms. The molecule has 1 aliphatic rings. The Balaban J connectivity index is 2.20. The lowest BCUT2D eigenvalue weighted by Gasteiger charge is -2.39. The van der Waals surface area contributed by atoms with Crippen LogP contribution in [0.15, 0.2) is 0 Å². The Kier molecular flexibility index (Phi) is 7.09. The molecular weight excluding hydrogens is 210 g/mol. The van der Waals surface area contributed by atoms with Crippen LogP contribution in [0, 0.1) is 0 Å². The van der Waals surface area contributed by atoms with Crippen molar-refractivity contribution in [2.24, 2.45) is 0 Å². The lowest BCUT2D eigenvalue weighted by molar-refractivity contribution is 0.133. The summed E-state index contributed by atoms with van der Waals surface area (Å²) in [5.74, 6) is 0. The molecule has 0 aromatic rings. The fraction of sp³-hybridized carbons (Fsp3) is 1.00. The molecule has 1 fully saturated rings. The van der Waals surface area contributed by atoms with E-state index in [0.29, 0.717) is 6.04 Å². The van der Waals surface area contributed by atoms with E-state index in [0.717, 1.165) is 6.04 Å². The molecular formula is C14H31N3. The van der Waals surface area contributed by atoms with Crippen molar-refractivity contribution >= 4 is 0 Å². The largest absolute Gasteiger partial charge is 0.311 e. The third-order valence-corrected chi connectivity index (χ3v) is 3.72. The standard InChI is InChI=1S/C14H31N3/c1-5-8-14-12-17(13(2)11-15-14)10-7-6-9-16(3)4/h13-15H,5-12H2,1-4H3. The molecule has 0 aromatic heterocycles. The first-order valence-corrected chi connectivity index (χ1v) is 7.25. The number of rotatable bonds is 7. The fourth-order valence-electron chi connectivity index (χ4n) is 2.59. The Bertz CT molecular complexity index is 194. The number of piperazine rings is 1. The number of nitrogens with one attached hydrogen (secondary N) is 1. The molecule has 0 aliphatic carbocycles. The predicted molar refractivity (Wildman–Crippen MR) is 75.5 cm³/mol. The summed E-state index contributed by atoms with van der Waals surface area (Å²) in [6.45, 7) is 9.54. The monoisotopic (exact) mass is 241 g/mol. The van der Waals surface area contributed by atoms with Gasteiger partial charge in [-0.2, -0.15) is 0 Å². The number of hydrogen-bond acceptors (Lipinski definition) is 3. The van der Waals surface area contributed by atoms with Gasteiger partial charge in [-0.15, -0.1) is 0 Å². The molecule has 0 radical (unpaired) electrons. The summed E-state index contributed by atoms with van der Waals surface area (Å²) < 4.78 is 0. The molecule has 2 atom stereocenters. The van der Waals surface area contributed by atoms with E-state index in [-0.39, 0.29) is 0 Å². The molecule has 0 aromatic carbocycles. The Labute approximate surface area is 108 Å². The van der Waals surface area contributed by atoms with Crippen LogP contribution in [0.25, 0.3) is 0 Å². The van der Waals surface area contributed by atoms with Crippen molar-refractivity contribution in [3.63, 3.8) is 0 Å². The van der Waals surface area contributed by atoms with Crippen molar-refractivity contribution in [2.75, 3.05) is 40.3 Å². The van der Waals surface area contributed by atoms with E-state index >= 15 is 0 Å². The quantitative estimate of drug-likeness (QED) is 0.686. The van der Waals surface area contributed by atoms with Crippen LogP contribution >= 0.6 is 0 Å². The molecule has 0 saturated carbocycles. The van der Waals surface area contributed by atoms with Crippen molar-refractivity contribution in [2.45, 2.75) is 51.6 Å². The summed E-state index contributed by atoms with van der Waals surface area (Å²) >= 11 is 0. The minimum absolute atomic E-state index is 0.711. The third kappa shape index (κ3) is 5.84. The van der Waals surface area contributed by atoms with E-state index in [1.54, 1.807) is 0 Å². The van der Waals surface area contributed by atoms with Crippen molar-refractivity contribution in [1.29, 1.82) is 0 Å². The summed E-state index contributed by atoms with van der Waals surface area (Å²) in [5, 5.41) is 3.66. The summed E-state index contributed by atoms with van der Waals surface area (Å²) in [5.41, 5.74) is 0. The fourth-order valence-corrected chi connectivity index (χ4v) is 2.59. The Morgan fingerprint density at radius 3 is 2.71 bits per heavy atom. The lowest BCUT2D eigenvalue weighted by atomic mass is 10.1. The molecule has 0 bridgehead atoms. The van der Waals surface area contributed by atoms with E-state index in [1.807, 2.05) is 0 Å².